The van der Waals surface area contributed by atoms with Crippen molar-refractivity contribution < 1.29 is 0 Å². The van der Waals surface area contributed by atoms with Crippen LogP contribution in [0.25, 0.3) is 75.5 Å². The molecule has 2 aliphatic rings. The molecule has 0 fully saturated rings. The van der Waals surface area contributed by atoms with Crippen molar-refractivity contribution in [1.29, 1.82) is 0 Å². The van der Waals surface area contributed by atoms with Crippen molar-refractivity contribution in [1.82, 2.24) is 0 Å². The average Bonchev–Trinajstić information content (AvgIpc) is 3.67. The Labute approximate surface area is 219 Å². The molecule has 0 radical (unpaired) electrons. The van der Waals surface area contributed by atoms with Gasteiger partial charge in [0, 0.05) is 41.8 Å². The van der Waals surface area contributed by atoms with Crippen LogP contribution in [0.5, 0.6) is 0 Å². The Hall–Kier alpha value is -3.46. The predicted octanol–water partition coefficient (Wildman–Crippen LogP) is 10.9. The molecule has 4 aromatic carbocycles. The van der Waals surface area contributed by atoms with Crippen LogP contribution in [-0.2, 0) is 6.42 Å². The van der Waals surface area contributed by atoms with Crippen molar-refractivity contribution in [2.45, 2.75) is 26.2 Å². The summed E-state index contributed by atoms with van der Waals surface area (Å²) in [5.74, 6) is 0. The number of unbranched alkanes of at least 4 members (excludes halogenated alkanes) is 1. The van der Waals surface area contributed by atoms with Crippen LogP contribution in [-0.4, -0.2) is 0 Å². The molecule has 2 heterocycles. The van der Waals surface area contributed by atoms with E-state index < -0.39 is 0 Å². The summed E-state index contributed by atoms with van der Waals surface area (Å²) < 4.78 is 0. The number of hydrogen-bond donors (Lipinski definition) is 0. The van der Waals surface area contributed by atoms with Gasteiger partial charge in [0.15, 0.2) is 0 Å². The summed E-state index contributed by atoms with van der Waals surface area (Å²) in [5, 5.41) is 2.95. The van der Waals surface area contributed by atoms with Gasteiger partial charge in [-0.3, -0.25) is 0 Å². The van der Waals surface area contributed by atoms with Crippen LogP contribution < -0.4 is 0 Å². The minimum atomic E-state index is 1.20. The second-order valence-corrected chi connectivity index (χ2v) is 12.1. The van der Waals surface area contributed by atoms with E-state index in [4.69, 9.17) is 0 Å². The van der Waals surface area contributed by atoms with E-state index >= 15 is 0 Å². The minimum absolute atomic E-state index is 1.20. The fraction of sp³-hybridized carbons (Fsp3) is 0.118. The van der Waals surface area contributed by atoms with Gasteiger partial charge in [0.25, 0.3) is 0 Å². The summed E-state index contributed by atoms with van der Waals surface area (Å²) in [6.07, 6.45) is 3.73. The Balaban J connectivity index is 1.20. The SMILES string of the molecule is CCCCc1cc2c(s1)-c1ccc3c4c(ccc-2c14)-c1sc(-c2ccc(-c4ccccc4)cc2)cc1-3. The maximum Gasteiger partial charge on any atom is 0.0434 e. The number of hydrogen-bond acceptors (Lipinski definition) is 2. The highest BCUT2D eigenvalue weighted by Crippen LogP contribution is 2.60. The van der Waals surface area contributed by atoms with Crippen molar-refractivity contribution in [3.8, 4) is 64.7 Å². The zero-order chi connectivity index (χ0) is 23.8. The first-order valence-electron chi connectivity index (χ1n) is 12.8. The quantitative estimate of drug-likeness (QED) is 0.222. The van der Waals surface area contributed by atoms with Crippen LogP contribution in [0.15, 0.2) is 91.0 Å². The lowest BCUT2D eigenvalue weighted by Crippen LogP contribution is -1.81. The predicted molar refractivity (Wildman–Crippen MR) is 158 cm³/mol. The second kappa shape index (κ2) is 7.77. The average molecular weight is 497 g/mol. The van der Waals surface area contributed by atoms with Crippen LogP contribution in [0.3, 0.4) is 0 Å². The minimum Gasteiger partial charge on any atom is -0.140 e. The highest BCUT2D eigenvalue weighted by atomic mass is 32.1. The van der Waals surface area contributed by atoms with Gasteiger partial charge < -0.3 is 0 Å². The lowest BCUT2D eigenvalue weighted by Gasteiger charge is -2.07. The van der Waals surface area contributed by atoms with Gasteiger partial charge in [0.05, 0.1) is 0 Å². The van der Waals surface area contributed by atoms with E-state index in [9.17, 15) is 0 Å². The molecular formula is C34H24S2. The Kier molecular flexibility index (Phi) is 4.47. The molecular weight excluding hydrogens is 473 g/mol. The van der Waals surface area contributed by atoms with Crippen molar-refractivity contribution in [3.05, 3.63) is 95.9 Å². The lowest BCUT2D eigenvalue weighted by atomic mass is 9.97. The second-order valence-electron chi connectivity index (χ2n) is 9.93. The van der Waals surface area contributed by atoms with Crippen LogP contribution in [0.2, 0.25) is 0 Å². The van der Waals surface area contributed by atoms with Gasteiger partial charge in [-0.2, -0.15) is 0 Å². The number of fused-ring (bicyclic) bond motifs is 6. The zero-order valence-corrected chi connectivity index (χ0v) is 21.7. The highest BCUT2D eigenvalue weighted by molar-refractivity contribution is 7.19. The third-order valence-electron chi connectivity index (χ3n) is 7.80. The molecule has 0 atom stereocenters. The van der Waals surface area contributed by atoms with Crippen molar-refractivity contribution in [2.24, 2.45) is 0 Å². The Morgan fingerprint density at radius 2 is 1.11 bits per heavy atom. The Morgan fingerprint density at radius 1 is 0.528 bits per heavy atom. The molecule has 2 heteroatoms. The van der Waals surface area contributed by atoms with E-state index in [1.807, 2.05) is 22.7 Å². The van der Waals surface area contributed by atoms with Crippen LogP contribution in [0.4, 0.5) is 0 Å². The number of benzene rings is 4. The van der Waals surface area contributed by atoms with E-state index in [1.54, 1.807) is 0 Å². The van der Waals surface area contributed by atoms with Gasteiger partial charge in [-0.15, -0.1) is 22.7 Å². The molecule has 0 nitrogen and oxygen atoms in total. The standard InChI is InChI=1S/C34H24S2/c1-2-3-9-23-18-28-24-14-17-27-32-25(15-16-26(31(24)32)33(28)35-23)29-19-30(36-34(27)29)22-12-10-21(11-13-22)20-7-5-4-6-8-20/h4-8,10-19H,2-3,9H2,1H3. The van der Waals surface area contributed by atoms with E-state index in [-0.39, 0.29) is 0 Å². The van der Waals surface area contributed by atoms with Gasteiger partial charge in [-0.1, -0.05) is 92.2 Å². The summed E-state index contributed by atoms with van der Waals surface area (Å²) in [6, 6.07) is 34.1. The molecule has 0 unspecified atom stereocenters. The molecule has 6 aromatic rings. The largest absolute Gasteiger partial charge is 0.140 e. The molecule has 0 bridgehead atoms. The molecule has 0 saturated heterocycles. The monoisotopic (exact) mass is 496 g/mol. The molecule has 172 valence electrons. The first-order chi connectivity index (χ1) is 17.8. The van der Waals surface area contributed by atoms with Crippen LogP contribution in [0, 0.1) is 0 Å². The van der Waals surface area contributed by atoms with Crippen LogP contribution in [0.1, 0.15) is 24.6 Å². The molecule has 0 spiro atoms. The Bertz CT molecular complexity index is 1710. The molecule has 36 heavy (non-hydrogen) atoms. The number of thiophene rings is 2. The van der Waals surface area contributed by atoms with Gasteiger partial charge in [0.1, 0.15) is 0 Å². The fourth-order valence-corrected chi connectivity index (χ4v) is 8.48. The molecule has 0 N–H and O–H groups in total. The molecule has 2 aromatic heterocycles. The van der Waals surface area contributed by atoms with Crippen molar-refractivity contribution in [3.63, 3.8) is 0 Å². The first-order valence-corrected chi connectivity index (χ1v) is 14.5. The summed E-state index contributed by atoms with van der Waals surface area (Å²) in [4.78, 5) is 5.79. The summed E-state index contributed by atoms with van der Waals surface area (Å²) >= 11 is 3.95. The zero-order valence-electron chi connectivity index (χ0n) is 20.1. The summed E-state index contributed by atoms with van der Waals surface area (Å²) in [6.45, 7) is 2.28. The molecule has 0 amide bonds. The first kappa shape index (κ1) is 20.7. The van der Waals surface area contributed by atoms with Crippen molar-refractivity contribution in [2.75, 3.05) is 0 Å². The topological polar surface area (TPSA) is 0 Å². The van der Waals surface area contributed by atoms with Gasteiger partial charge in [-0.05, 0) is 63.6 Å². The Morgan fingerprint density at radius 3 is 1.81 bits per heavy atom. The van der Waals surface area contributed by atoms with Gasteiger partial charge in [-0.25, -0.2) is 0 Å². The highest BCUT2D eigenvalue weighted by Gasteiger charge is 2.31. The van der Waals surface area contributed by atoms with E-state index in [0.717, 1.165) is 0 Å². The molecule has 8 rings (SSSR count). The normalized spacial score (nSPS) is 12.4. The maximum absolute atomic E-state index is 2.47. The lowest BCUT2D eigenvalue weighted by molar-refractivity contribution is 0.804. The molecule has 0 aliphatic heterocycles. The van der Waals surface area contributed by atoms with E-state index in [1.165, 1.54) is 99.6 Å². The smallest absolute Gasteiger partial charge is 0.0434 e. The number of aryl methyl sites for hydroxylation is 1. The van der Waals surface area contributed by atoms with Gasteiger partial charge >= 0.3 is 0 Å². The maximum atomic E-state index is 2.47. The summed E-state index contributed by atoms with van der Waals surface area (Å²) in [7, 11) is 0. The number of rotatable bonds is 5. The third kappa shape index (κ3) is 2.86. The molecule has 2 aliphatic carbocycles. The molecule has 0 saturated carbocycles. The fourth-order valence-electron chi connectivity index (χ4n) is 6.03. The van der Waals surface area contributed by atoms with Gasteiger partial charge in [0.2, 0.25) is 0 Å². The van der Waals surface area contributed by atoms with Crippen LogP contribution >= 0.6 is 22.7 Å². The summed E-state index contributed by atoms with van der Waals surface area (Å²) in [5.41, 5.74) is 12.4. The van der Waals surface area contributed by atoms with E-state index in [2.05, 4.69) is 97.9 Å². The van der Waals surface area contributed by atoms with E-state index in [0.29, 0.717) is 0 Å². The third-order valence-corrected chi connectivity index (χ3v) is 10.2. The van der Waals surface area contributed by atoms with Crippen molar-refractivity contribution >= 4 is 33.4 Å².